The highest BCUT2D eigenvalue weighted by atomic mass is 16.5. The molecule has 1 aliphatic heterocycles. The molecule has 1 aliphatic rings. The van der Waals surface area contributed by atoms with Gasteiger partial charge in [-0.2, -0.15) is 0 Å². The highest BCUT2D eigenvalue weighted by molar-refractivity contribution is 5.02. The molecule has 4 heteroatoms. The third-order valence-electron chi connectivity index (χ3n) is 3.53. The molecular weight excluding hydrogens is 238 g/mol. The predicted molar refractivity (Wildman–Crippen MR) is 77.0 cm³/mol. The molecule has 1 fully saturated rings. The van der Waals surface area contributed by atoms with E-state index in [1.54, 1.807) is 0 Å². The summed E-state index contributed by atoms with van der Waals surface area (Å²) in [6.45, 7) is 5.95. The number of rotatable bonds is 7. The zero-order valence-electron chi connectivity index (χ0n) is 11.8. The third-order valence-corrected chi connectivity index (χ3v) is 3.53. The maximum Gasteiger partial charge on any atom is 0.0541 e. The monoisotopic (exact) mass is 263 g/mol. The Bertz CT molecular complexity index is 339. The lowest BCUT2D eigenvalue weighted by molar-refractivity contribution is 0.0422. The van der Waals surface area contributed by atoms with Crippen molar-refractivity contribution in [2.24, 2.45) is 5.92 Å². The average molecular weight is 263 g/mol. The van der Waals surface area contributed by atoms with Crippen LogP contribution in [0.15, 0.2) is 24.4 Å². The van der Waals surface area contributed by atoms with E-state index in [-0.39, 0.29) is 0 Å². The van der Waals surface area contributed by atoms with Gasteiger partial charge < -0.3 is 15.0 Å². The summed E-state index contributed by atoms with van der Waals surface area (Å²) in [4.78, 5) is 6.69. The van der Waals surface area contributed by atoms with Crippen LogP contribution in [0.25, 0.3) is 0 Å². The van der Waals surface area contributed by atoms with Gasteiger partial charge in [0.2, 0.25) is 0 Å². The van der Waals surface area contributed by atoms with E-state index in [1.807, 2.05) is 18.3 Å². The van der Waals surface area contributed by atoms with Crippen LogP contribution in [-0.4, -0.2) is 49.8 Å². The van der Waals surface area contributed by atoms with Crippen molar-refractivity contribution >= 4 is 0 Å². The fourth-order valence-electron chi connectivity index (χ4n) is 2.47. The van der Waals surface area contributed by atoms with Crippen LogP contribution in [0, 0.1) is 5.92 Å². The minimum absolute atomic E-state index is 0.717. The van der Waals surface area contributed by atoms with Gasteiger partial charge in [0.15, 0.2) is 0 Å². The molecule has 1 N–H and O–H groups in total. The number of hydrogen-bond acceptors (Lipinski definition) is 4. The Morgan fingerprint density at radius 3 is 3.16 bits per heavy atom. The molecule has 2 heterocycles. The van der Waals surface area contributed by atoms with E-state index < -0.39 is 0 Å². The molecule has 0 saturated carbocycles. The lowest BCUT2D eigenvalue weighted by Crippen LogP contribution is -2.35. The summed E-state index contributed by atoms with van der Waals surface area (Å²) in [6.07, 6.45) is 4.37. The normalized spacial score (nSPS) is 19.8. The van der Waals surface area contributed by atoms with Gasteiger partial charge in [-0.15, -0.1) is 0 Å². The molecular formula is C15H25N3O. The molecule has 19 heavy (non-hydrogen) atoms. The molecule has 1 unspecified atom stereocenters. The number of nitrogens with one attached hydrogen (secondary N) is 1. The van der Waals surface area contributed by atoms with Crippen LogP contribution in [0.1, 0.15) is 18.5 Å². The van der Waals surface area contributed by atoms with Crippen LogP contribution in [0.5, 0.6) is 0 Å². The minimum atomic E-state index is 0.717. The van der Waals surface area contributed by atoms with Gasteiger partial charge in [0.05, 0.1) is 12.3 Å². The van der Waals surface area contributed by atoms with Crippen LogP contribution in [0.4, 0.5) is 0 Å². The van der Waals surface area contributed by atoms with Crippen molar-refractivity contribution < 1.29 is 4.74 Å². The molecule has 1 atom stereocenters. The first-order valence-corrected chi connectivity index (χ1v) is 7.21. The Hall–Kier alpha value is -0.970. The van der Waals surface area contributed by atoms with Crippen LogP contribution in [0.2, 0.25) is 0 Å². The average Bonchev–Trinajstić information content (AvgIpc) is 2.46. The lowest BCUT2D eigenvalue weighted by Gasteiger charge is -2.27. The van der Waals surface area contributed by atoms with Crippen molar-refractivity contribution in [2.75, 3.05) is 39.9 Å². The third kappa shape index (κ3) is 5.68. The van der Waals surface area contributed by atoms with E-state index in [4.69, 9.17) is 4.74 Å². The van der Waals surface area contributed by atoms with E-state index >= 15 is 0 Å². The second-order valence-electron chi connectivity index (χ2n) is 5.34. The van der Waals surface area contributed by atoms with Crippen LogP contribution in [0.3, 0.4) is 0 Å². The van der Waals surface area contributed by atoms with E-state index in [2.05, 4.69) is 28.3 Å². The molecule has 2 rings (SSSR count). The van der Waals surface area contributed by atoms with E-state index in [1.165, 1.54) is 12.8 Å². The standard InChI is InChI=1S/C15H25N3O/c1-18(12-14-5-4-10-19-13-14)9-8-16-11-15-6-2-3-7-17-15/h2-3,6-7,14,16H,4-5,8-13H2,1H3. The Morgan fingerprint density at radius 1 is 1.47 bits per heavy atom. The Kier molecular flexibility index (Phi) is 6.27. The molecule has 1 saturated heterocycles. The number of nitrogens with zero attached hydrogens (tertiary/aromatic N) is 2. The Morgan fingerprint density at radius 2 is 2.42 bits per heavy atom. The second kappa shape index (κ2) is 8.25. The highest BCUT2D eigenvalue weighted by Crippen LogP contribution is 2.13. The Labute approximate surface area is 116 Å². The van der Waals surface area contributed by atoms with Gasteiger partial charge in [-0.25, -0.2) is 0 Å². The molecule has 106 valence electrons. The predicted octanol–water partition coefficient (Wildman–Crippen LogP) is 1.53. The molecule has 0 aliphatic carbocycles. The summed E-state index contributed by atoms with van der Waals surface area (Å²) in [5.74, 6) is 0.717. The first kappa shape index (κ1) is 14.4. The lowest BCUT2D eigenvalue weighted by atomic mass is 10.0. The summed E-state index contributed by atoms with van der Waals surface area (Å²) >= 11 is 0. The van der Waals surface area contributed by atoms with Crippen molar-refractivity contribution in [3.8, 4) is 0 Å². The molecule has 0 amide bonds. The molecule has 0 radical (unpaired) electrons. The van der Waals surface area contributed by atoms with Crippen molar-refractivity contribution in [2.45, 2.75) is 19.4 Å². The van der Waals surface area contributed by atoms with E-state index in [0.717, 1.165) is 51.0 Å². The second-order valence-corrected chi connectivity index (χ2v) is 5.34. The summed E-state index contributed by atoms with van der Waals surface area (Å²) in [6, 6.07) is 6.03. The summed E-state index contributed by atoms with van der Waals surface area (Å²) in [5.41, 5.74) is 1.10. The molecule has 0 aromatic carbocycles. The number of pyridine rings is 1. The first-order chi connectivity index (χ1) is 9.34. The molecule has 4 nitrogen and oxygen atoms in total. The molecule has 1 aromatic rings. The zero-order chi connectivity index (χ0) is 13.3. The quantitative estimate of drug-likeness (QED) is 0.757. The SMILES string of the molecule is CN(CCNCc1ccccn1)CC1CCCOC1. The fraction of sp³-hybridized carbons (Fsp3) is 0.667. The Balaban J connectivity index is 1.55. The maximum atomic E-state index is 5.52. The van der Waals surface area contributed by atoms with Crippen LogP contribution < -0.4 is 5.32 Å². The topological polar surface area (TPSA) is 37.4 Å². The largest absolute Gasteiger partial charge is 0.381 e. The maximum absolute atomic E-state index is 5.52. The van der Waals surface area contributed by atoms with E-state index in [0.29, 0.717) is 0 Å². The highest BCUT2D eigenvalue weighted by Gasteiger charge is 2.15. The van der Waals surface area contributed by atoms with Crippen LogP contribution in [-0.2, 0) is 11.3 Å². The fourth-order valence-corrected chi connectivity index (χ4v) is 2.47. The van der Waals surface area contributed by atoms with Crippen LogP contribution >= 0.6 is 0 Å². The van der Waals surface area contributed by atoms with Gasteiger partial charge in [0.1, 0.15) is 0 Å². The number of ether oxygens (including phenoxy) is 1. The van der Waals surface area contributed by atoms with Gasteiger partial charge in [-0.1, -0.05) is 6.07 Å². The van der Waals surface area contributed by atoms with Crippen molar-refractivity contribution in [3.63, 3.8) is 0 Å². The molecule has 0 spiro atoms. The molecule has 0 bridgehead atoms. The number of likely N-dealkylation sites (N-methyl/N-ethyl adjacent to an activating group) is 1. The smallest absolute Gasteiger partial charge is 0.0541 e. The molecule has 1 aromatic heterocycles. The number of aromatic nitrogens is 1. The summed E-state index contributed by atoms with van der Waals surface area (Å²) in [5, 5.41) is 3.43. The van der Waals surface area contributed by atoms with Crippen molar-refractivity contribution in [1.29, 1.82) is 0 Å². The minimum Gasteiger partial charge on any atom is -0.381 e. The zero-order valence-corrected chi connectivity index (χ0v) is 11.8. The van der Waals surface area contributed by atoms with Gasteiger partial charge >= 0.3 is 0 Å². The first-order valence-electron chi connectivity index (χ1n) is 7.21. The number of hydrogen-bond donors (Lipinski definition) is 1. The van der Waals surface area contributed by atoms with Gasteiger partial charge in [0, 0.05) is 39.0 Å². The van der Waals surface area contributed by atoms with Gasteiger partial charge in [-0.05, 0) is 37.9 Å². The van der Waals surface area contributed by atoms with Gasteiger partial charge in [-0.3, -0.25) is 4.98 Å². The van der Waals surface area contributed by atoms with Crippen molar-refractivity contribution in [3.05, 3.63) is 30.1 Å². The summed E-state index contributed by atoms with van der Waals surface area (Å²) in [7, 11) is 2.19. The van der Waals surface area contributed by atoms with Crippen molar-refractivity contribution in [1.82, 2.24) is 15.2 Å². The van der Waals surface area contributed by atoms with E-state index in [9.17, 15) is 0 Å². The van der Waals surface area contributed by atoms with Gasteiger partial charge in [0.25, 0.3) is 0 Å². The summed E-state index contributed by atoms with van der Waals surface area (Å²) < 4.78 is 5.52.